The van der Waals surface area contributed by atoms with Crippen molar-refractivity contribution in [2.24, 2.45) is 5.41 Å². The van der Waals surface area contributed by atoms with Crippen molar-refractivity contribution < 1.29 is 4.79 Å². The number of carbonyl (C=O) groups is 1. The van der Waals surface area contributed by atoms with Crippen LogP contribution in [0, 0.1) is 12.3 Å². The molecule has 0 saturated carbocycles. The number of nitrogens with one attached hydrogen (secondary N) is 2. The van der Waals surface area contributed by atoms with Gasteiger partial charge in [0.05, 0.1) is 5.41 Å². The van der Waals surface area contributed by atoms with E-state index in [0.29, 0.717) is 5.82 Å². The predicted octanol–water partition coefficient (Wildman–Crippen LogP) is 2.48. The summed E-state index contributed by atoms with van der Waals surface area (Å²) in [7, 11) is 0. The number of amides is 1. The van der Waals surface area contributed by atoms with Crippen LogP contribution >= 0.6 is 15.9 Å². The number of rotatable bonds is 2. The molecule has 1 amide bonds. The first kappa shape index (κ1) is 13.5. The fourth-order valence-electron chi connectivity index (χ4n) is 2.18. The van der Waals surface area contributed by atoms with Gasteiger partial charge in [0, 0.05) is 17.2 Å². The number of nitrogens with zero attached hydrogens (tertiary/aromatic N) is 1. The molecule has 0 radical (unpaired) electrons. The minimum absolute atomic E-state index is 0.0487. The summed E-state index contributed by atoms with van der Waals surface area (Å²) in [5.74, 6) is 0.697. The summed E-state index contributed by atoms with van der Waals surface area (Å²) in [6.45, 7) is 5.67. The molecule has 1 aliphatic rings. The molecule has 0 aliphatic carbocycles. The van der Waals surface area contributed by atoms with Gasteiger partial charge in [-0.3, -0.25) is 4.79 Å². The largest absolute Gasteiger partial charge is 0.316 e. The Bertz CT molecular complexity index is 456. The highest BCUT2D eigenvalue weighted by atomic mass is 79.9. The molecule has 1 aromatic rings. The van der Waals surface area contributed by atoms with Crippen LogP contribution in [0.2, 0.25) is 0 Å². The van der Waals surface area contributed by atoms with Crippen molar-refractivity contribution in [1.82, 2.24) is 10.3 Å². The first-order valence-corrected chi connectivity index (χ1v) is 6.95. The minimum Gasteiger partial charge on any atom is -0.316 e. The van der Waals surface area contributed by atoms with Gasteiger partial charge in [-0.25, -0.2) is 4.98 Å². The maximum Gasteiger partial charge on any atom is 0.232 e. The number of anilines is 1. The molecule has 0 bridgehead atoms. The Hall–Kier alpha value is -0.940. The molecular weight excluding hydrogens is 294 g/mol. The smallest absolute Gasteiger partial charge is 0.232 e. The second-order valence-corrected chi connectivity index (χ2v) is 6.03. The normalized spacial score (nSPS) is 23.7. The van der Waals surface area contributed by atoms with E-state index in [1.165, 1.54) is 0 Å². The number of hydrogen-bond donors (Lipinski definition) is 2. The number of halogens is 1. The fourth-order valence-corrected chi connectivity index (χ4v) is 2.63. The molecule has 1 aliphatic heterocycles. The maximum absolute atomic E-state index is 12.3. The Morgan fingerprint density at radius 2 is 2.39 bits per heavy atom. The Kier molecular flexibility index (Phi) is 4.02. The number of piperidine rings is 1. The Morgan fingerprint density at radius 1 is 1.61 bits per heavy atom. The highest BCUT2D eigenvalue weighted by molar-refractivity contribution is 9.10. The summed E-state index contributed by atoms with van der Waals surface area (Å²) < 4.78 is 0.920. The average Bonchev–Trinajstić information content (AvgIpc) is 2.33. The summed E-state index contributed by atoms with van der Waals surface area (Å²) in [5, 5.41) is 6.21. The first-order chi connectivity index (χ1) is 8.51. The molecule has 1 aromatic heterocycles. The van der Waals surface area contributed by atoms with Crippen LogP contribution in [0.1, 0.15) is 25.3 Å². The molecule has 98 valence electrons. The lowest BCUT2D eigenvalue weighted by molar-refractivity contribution is -0.125. The average molecular weight is 312 g/mol. The zero-order valence-electron chi connectivity index (χ0n) is 10.7. The molecule has 5 heteroatoms. The summed E-state index contributed by atoms with van der Waals surface area (Å²) >= 11 is 3.36. The molecule has 4 nitrogen and oxygen atoms in total. The van der Waals surface area contributed by atoms with E-state index >= 15 is 0 Å². The van der Waals surface area contributed by atoms with Gasteiger partial charge >= 0.3 is 0 Å². The number of pyridine rings is 1. The molecule has 1 saturated heterocycles. The van der Waals surface area contributed by atoms with Gasteiger partial charge < -0.3 is 10.6 Å². The third kappa shape index (κ3) is 2.90. The van der Waals surface area contributed by atoms with Crippen LogP contribution < -0.4 is 10.6 Å². The Balaban J connectivity index is 2.11. The number of carbonyl (C=O) groups excluding carboxylic acids is 1. The van der Waals surface area contributed by atoms with Gasteiger partial charge in [-0.05, 0) is 60.8 Å². The topological polar surface area (TPSA) is 54.0 Å². The van der Waals surface area contributed by atoms with Crippen molar-refractivity contribution >= 4 is 27.7 Å². The van der Waals surface area contributed by atoms with E-state index < -0.39 is 0 Å². The van der Waals surface area contributed by atoms with Gasteiger partial charge in [-0.2, -0.15) is 0 Å². The van der Waals surface area contributed by atoms with Crippen molar-refractivity contribution in [2.45, 2.75) is 26.7 Å². The van der Waals surface area contributed by atoms with Gasteiger partial charge in [0.2, 0.25) is 5.91 Å². The third-order valence-corrected chi connectivity index (χ3v) is 3.86. The Morgan fingerprint density at radius 3 is 3.00 bits per heavy atom. The van der Waals surface area contributed by atoms with Crippen molar-refractivity contribution in [3.05, 3.63) is 22.3 Å². The van der Waals surface area contributed by atoms with Crippen LogP contribution in [0.25, 0.3) is 0 Å². The Labute approximate surface area is 116 Å². The van der Waals surface area contributed by atoms with Gasteiger partial charge in [0.25, 0.3) is 0 Å². The van der Waals surface area contributed by atoms with E-state index in [0.717, 1.165) is 36.0 Å². The van der Waals surface area contributed by atoms with Crippen molar-refractivity contribution in [2.75, 3.05) is 18.4 Å². The molecule has 0 aromatic carbocycles. The van der Waals surface area contributed by atoms with Crippen molar-refractivity contribution in [1.29, 1.82) is 0 Å². The number of aromatic nitrogens is 1. The molecule has 1 atom stereocenters. The van der Waals surface area contributed by atoms with E-state index in [1.807, 2.05) is 19.9 Å². The van der Waals surface area contributed by atoms with Crippen LogP contribution in [0.15, 0.2) is 16.7 Å². The highest BCUT2D eigenvalue weighted by Crippen LogP contribution is 2.27. The molecule has 1 fully saturated rings. The summed E-state index contributed by atoms with van der Waals surface area (Å²) in [6, 6.07) is 1.95. The van der Waals surface area contributed by atoms with Crippen LogP contribution in [0.3, 0.4) is 0 Å². The zero-order valence-corrected chi connectivity index (χ0v) is 12.3. The SMILES string of the molecule is Cc1cc(Br)cnc1NC(=O)C1(C)CCCNC1. The van der Waals surface area contributed by atoms with E-state index in [9.17, 15) is 4.79 Å². The quantitative estimate of drug-likeness (QED) is 0.882. The maximum atomic E-state index is 12.3. The number of aryl methyl sites for hydroxylation is 1. The zero-order chi connectivity index (χ0) is 13.2. The van der Waals surface area contributed by atoms with Gasteiger partial charge in [-0.1, -0.05) is 0 Å². The second kappa shape index (κ2) is 5.36. The lowest BCUT2D eigenvalue weighted by Crippen LogP contribution is -2.46. The summed E-state index contributed by atoms with van der Waals surface area (Å²) in [4.78, 5) is 16.6. The summed E-state index contributed by atoms with van der Waals surface area (Å²) in [6.07, 6.45) is 3.65. The fraction of sp³-hybridized carbons (Fsp3) is 0.538. The molecule has 2 N–H and O–H groups in total. The van der Waals surface area contributed by atoms with E-state index in [-0.39, 0.29) is 11.3 Å². The van der Waals surface area contributed by atoms with E-state index in [2.05, 4.69) is 31.5 Å². The monoisotopic (exact) mass is 311 g/mol. The molecular formula is C13H18BrN3O. The number of hydrogen-bond acceptors (Lipinski definition) is 3. The van der Waals surface area contributed by atoms with Crippen LogP contribution in [0.5, 0.6) is 0 Å². The molecule has 1 unspecified atom stereocenters. The third-order valence-electron chi connectivity index (χ3n) is 3.42. The van der Waals surface area contributed by atoms with E-state index in [1.54, 1.807) is 6.20 Å². The van der Waals surface area contributed by atoms with Gasteiger partial charge in [0.15, 0.2) is 0 Å². The lowest BCUT2D eigenvalue weighted by Gasteiger charge is -2.32. The van der Waals surface area contributed by atoms with Gasteiger partial charge in [0.1, 0.15) is 5.82 Å². The molecule has 2 rings (SSSR count). The van der Waals surface area contributed by atoms with Crippen LogP contribution in [0.4, 0.5) is 5.82 Å². The van der Waals surface area contributed by atoms with Crippen LogP contribution in [-0.4, -0.2) is 24.0 Å². The van der Waals surface area contributed by atoms with Gasteiger partial charge in [-0.15, -0.1) is 0 Å². The molecule has 2 heterocycles. The van der Waals surface area contributed by atoms with Crippen molar-refractivity contribution in [3.8, 4) is 0 Å². The first-order valence-electron chi connectivity index (χ1n) is 6.16. The summed E-state index contributed by atoms with van der Waals surface area (Å²) in [5.41, 5.74) is 0.629. The predicted molar refractivity (Wildman–Crippen MR) is 75.5 cm³/mol. The molecule has 0 spiro atoms. The second-order valence-electron chi connectivity index (χ2n) is 5.11. The molecule has 18 heavy (non-hydrogen) atoms. The van der Waals surface area contributed by atoms with Crippen LogP contribution in [-0.2, 0) is 4.79 Å². The minimum atomic E-state index is -0.334. The van der Waals surface area contributed by atoms with Crippen molar-refractivity contribution in [3.63, 3.8) is 0 Å². The highest BCUT2D eigenvalue weighted by Gasteiger charge is 2.34. The van der Waals surface area contributed by atoms with E-state index in [4.69, 9.17) is 0 Å². The standard InChI is InChI=1S/C13H18BrN3O/c1-9-6-10(14)7-16-11(9)17-12(18)13(2)4-3-5-15-8-13/h6-7,15H,3-5,8H2,1-2H3,(H,16,17,18). The lowest BCUT2D eigenvalue weighted by atomic mass is 9.82.